The number of ether oxygens (including phenoxy) is 1. The van der Waals surface area contributed by atoms with Gasteiger partial charge in [0.05, 0.1) is 17.1 Å². The number of hydrogen-bond acceptors (Lipinski definition) is 4. The maximum atomic E-state index is 10.9. The first kappa shape index (κ1) is 13.4. The number of carboxylic acid groups (broad SMARTS) is 1. The molecule has 0 aliphatic rings. The summed E-state index contributed by atoms with van der Waals surface area (Å²) in [7, 11) is 1.58. The number of aromatic nitrogens is 1. The molecule has 5 nitrogen and oxygen atoms in total. The molecule has 6 heteroatoms. The summed E-state index contributed by atoms with van der Waals surface area (Å²) in [5, 5.41) is 11.9. The SMILES string of the molecule is COc1cc(Nc2cc(C(=O)O)ccn2)ccc1Br. The number of carboxylic acids is 1. The molecule has 0 aliphatic heterocycles. The highest BCUT2D eigenvalue weighted by Crippen LogP contribution is 2.29. The fourth-order valence-electron chi connectivity index (χ4n) is 1.52. The number of benzene rings is 1. The van der Waals surface area contributed by atoms with Crippen LogP contribution in [-0.2, 0) is 0 Å². The van der Waals surface area contributed by atoms with Crippen LogP contribution in [0.15, 0.2) is 41.0 Å². The summed E-state index contributed by atoms with van der Waals surface area (Å²) in [5.41, 5.74) is 0.941. The zero-order valence-corrected chi connectivity index (χ0v) is 11.6. The average Bonchev–Trinajstić information content (AvgIpc) is 2.41. The second-order valence-corrected chi connectivity index (χ2v) is 4.56. The normalized spacial score (nSPS) is 10.0. The van der Waals surface area contributed by atoms with Crippen LogP contribution in [0.3, 0.4) is 0 Å². The van der Waals surface area contributed by atoms with Crippen molar-refractivity contribution in [3.8, 4) is 5.75 Å². The van der Waals surface area contributed by atoms with Gasteiger partial charge >= 0.3 is 5.97 Å². The van der Waals surface area contributed by atoms with Gasteiger partial charge in [-0.05, 0) is 40.2 Å². The Labute approximate surface area is 118 Å². The monoisotopic (exact) mass is 322 g/mol. The third kappa shape index (κ3) is 3.23. The van der Waals surface area contributed by atoms with Gasteiger partial charge in [-0.15, -0.1) is 0 Å². The van der Waals surface area contributed by atoms with Crippen LogP contribution in [0, 0.1) is 0 Å². The van der Waals surface area contributed by atoms with Gasteiger partial charge in [-0.3, -0.25) is 0 Å². The van der Waals surface area contributed by atoms with E-state index < -0.39 is 5.97 Å². The highest BCUT2D eigenvalue weighted by molar-refractivity contribution is 9.10. The summed E-state index contributed by atoms with van der Waals surface area (Å²) in [6.07, 6.45) is 1.45. The van der Waals surface area contributed by atoms with Crippen LogP contribution in [0.4, 0.5) is 11.5 Å². The molecule has 19 heavy (non-hydrogen) atoms. The minimum atomic E-state index is -0.987. The summed E-state index contributed by atoms with van der Waals surface area (Å²) >= 11 is 3.36. The second kappa shape index (κ2) is 5.71. The van der Waals surface area contributed by atoms with Gasteiger partial charge in [0.25, 0.3) is 0 Å². The number of halogens is 1. The molecule has 0 atom stereocenters. The van der Waals surface area contributed by atoms with E-state index in [1.165, 1.54) is 18.3 Å². The second-order valence-electron chi connectivity index (χ2n) is 3.71. The fourth-order valence-corrected chi connectivity index (χ4v) is 1.93. The van der Waals surface area contributed by atoms with Crippen molar-refractivity contribution in [2.75, 3.05) is 12.4 Å². The van der Waals surface area contributed by atoms with E-state index in [9.17, 15) is 4.79 Å². The van der Waals surface area contributed by atoms with E-state index in [1.54, 1.807) is 13.2 Å². The third-order valence-corrected chi connectivity index (χ3v) is 3.09. The lowest BCUT2D eigenvalue weighted by molar-refractivity contribution is 0.0697. The van der Waals surface area contributed by atoms with Crippen LogP contribution in [-0.4, -0.2) is 23.2 Å². The van der Waals surface area contributed by atoms with Crippen LogP contribution >= 0.6 is 15.9 Å². The number of aromatic carboxylic acids is 1. The molecule has 1 aromatic carbocycles. The average molecular weight is 323 g/mol. The maximum absolute atomic E-state index is 10.9. The zero-order chi connectivity index (χ0) is 13.8. The van der Waals surface area contributed by atoms with Crippen molar-refractivity contribution >= 4 is 33.4 Å². The van der Waals surface area contributed by atoms with E-state index in [1.807, 2.05) is 12.1 Å². The van der Waals surface area contributed by atoms with Crippen molar-refractivity contribution in [2.24, 2.45) is 0 Å². The van der Waals surface area contributed by atoms with Gasteiger partial charge in [-0.1, -0.05) is 0 Å². The molecule has 0 unspecified atom stereocenters. The standard InChI is InChI=1S/C13H11BrN2O3/c1-19-11-7-9(2-3-10(11)14)16-12-6-8(13(17)18)4-5-15-12/h2-7H,1H3,(H,15,16)(H,17,18). The van der Waals surface area contributed by atoms with Crippen molar-refractivity contribution in [2.45, 2.75) is 0 Å². The van der Waals surface area contributed by atoms with Crippen LogP contribution in [0.5, 0.6) is 5.75 Å². The lowest BCUT2D eigenvalue weighted by atomic mass is 10.2. The van der Waals surface area contributed by atoms with Crippen molar-refractivity contribution in [3.63, 3.8) is 0 Å². The first-order valence-electron chi connectivity index (χ1n) is 5.40. The summed E-state index contributed by atoms with van der Waals surface area (Å²) in [5.74, 6) is 0.155. The predicted molar refractivity (Wildman–Crippen MR) is 75.2 cm³/mol. The smallest absolute Gasteiger partial charge is 0.335 e. The Morgan fingerprint density at radius 3 is 2.84 bits per heavy atom. The number of pyridine rings is 1. The molecule has 0 amide bonds. The Bertz CT molecular complexity index is 617. The third-order valence-electron chi connectivity index (χ3n) is 2.43. The van der Waals surface area contributed by atoms with Crippen LogP contribution < -0.4 is 10.1 Å². The Kier molecular flexibility index (Phi) is 4.01. The summed E-state index contributed by atoms with van der Waals surface area (Å²) in [6.45, 7) is 0. The molecule has 0 spiro atoms. The molecule has 0 radical (unpaired) electrons. The van der Waals surface area contributed by atoms with Crippen LogP contribution in [0.25, 0.3) is 0 Å². The summed E-state index contributed by atoms with van der Waals surface area (Å²) in [6, 6.07) is 8.37. The number of rotatable bonds is 4. The van der Waals surface area contributed by atoms with Gasteiger partial charge in [0.2, 0.25) is 0 Å². The summed E-state index contributed by atoms with van der Waals surface area (Å²) < 4.78 is 6.02. The maximum Gasteiger partial charge on any atom is 0.335 e. The summed E-state index contributed by atoms with van der Waals surface area (Å²) in [4.78, 5) is 14.9. The fraction of sp³-hybridized carbons (Fsp3) is 0.0769. The van der Waals surface area contributed by atoms with Gasteiger partial charge in [0.1, 0.15) is 11.6 Å². The first-order chi connectivity index (χ1) is 9.10. The quantitative estimate of drug-likeness (QED) is 0.903. The Morgan fingerprint density at radius 1 is 1.37 bits per heavy atom. The van der Waals surface area contributed by atoms with E-state index in [-0.39, 0.29) is 5.56 Å². The van der Waals surface area contributed by atoms with E-state index in [2.05, 4.69) is 26.2 Å². The minimum Gasteiger partial charge on any atom is -0.495 e. The van der Waals surface area contributed by atoms with Crippen LogP contribution in [0.1, 0.15) is 10.4 Å². The van der Waals surface area contributed by atoms with Crippen LogP contribution in [0.2, 0.25) is 0 Å². The van der Waals surface area contributed by atoms with Crippen molar-refractivity contribution in [3.05, 3.63) is 46.6 Å². The number of nitrogens with zero attached hydrogens (tertiary/aromatic N) is 1. The lowest BCUT2D eigenvalue weighted by Crippen LogP contribution is -2.00. The topological polar surface area (TPSA) is 71.5 Å². The first-order valence-corrected chi connectivity index (χ1v) is 6.19. The number of hydrogen-bond donors (Lipinski definition) is 2. The number of anilines is 2. The Morgan fingerprint density at radius 2 is 2.16 bits per heavy atom. The number of carbonyl (C=O) groups is 1. The van der Waals surface area contributed by atoms with Crippen molar-refractivity contribution in [1.82, 2.24) is 4.98 Å². The number of methoxy groups -OCH3 is 1. The van der Waals surface area contributed by atoms with Gasteiger partial charge < -0.3 is 15.2 Å². The minimum absolute atomic E-state index is 0.182. The molecule has 2 rings (SSSR count). The predicted octanol–water partition coefficient (Wildman–Crippen LogP) is 3.29. The highest BCUT2D eigenvalue weighted by Gasteiger charge is 2.06. The van der Waals surface area contributed by atoms with Gasteiger partial charge in [0.15, 0.2) is 0 Å². The zero-order valence-electron chi connectivity index (χ0n) is 10.1. The van der Waals surface area contributed by atoms with Gasteiger partial charge in [-0.25, -0.2) is 9.78 Å². The van der Waals surface area contributed by atoms with E-state index in [0.29, 0.717) is 11.6 Å². The van der Waals surface area contributed by atoms with E-state index >= 15 is 0 Å². The van der Waals surface area contributed by atoms with E-state index in [4.69, 9.17) is 9.84 Å². The Hall–Kier alpha value is -2.08. The molecule has 0 saturated carbocycles. The molecule has 0 bridgehead atoms. The molecule has 2 N–H and O–H groups in total. The Balaban J connectivity index is 2.26. The van der Waals surface area contributed by atoms with Crippen molar-refractivity contribution < 1.29 is 14.6 Å². The number of nitrogens with one attached hydrogen (secondary N) is 1. The largest absolute Gasteiger partial charge is 0.495 e. The molecule has 0 aliphatic carbocycles. The highest BCUT2D eigenvalue weighted by atomic mass is 79.9. The van der Waals surface area contributed by atoms with Gasteiger partial charge in [0, 0.05) is 18.0 Å². The molecule has 1 heterocycles. The van der Waals surface area contributed by atoms with E-state index in [0.717, 1.165) is 10.2 Å². The molecular weight excluding hydrogens is 312 g/mol. The van der Waals surface area contributed by atoms with Gasteiger partial charge in [-0.2, -0.15) is 0 Å². The molecular formula is C13H11BrN2O3. The van der Waals surface area contributed by atoms with Crippen molar-refractivity contribution in [1.29, 1.82) is 0 Å². The lowest BCUT2D eigenvalue weighted by Gasteiger charge is -2.09. The molecule has 0 saturated heterocycles. The molecule has 1 aromatic heterocycles. The molecule has 98 valence electrons. The molecule has 2 aromatic rings. The molecule has 0 fully saturated rings.